The third-order valence-electron chi connectivity index (χ3n) is 4.30. The second-order valence-corrected chi connectivity index (χ2v) is 6.27. The zero-order chi connectivity index (χ0) is 19.7. The maximum Gasteiger partial charge on any atom is 0.328 e. The van der Waals surface area contributed by atoms with Gasteiger partial charge in [-0.05, 0) is 49.4 Å². The number of benzene rings is 2. The Morgan fingerprint density at radius 1 is 1.18 bits per heavy atom. The summed E-state index contributed by atoms with van der Waals surface area (Å²) in [6.07, 6.45) is 3.93. The summed E-state index contributed by atoms with van der Waals surface area (Å²) in [4.78, 5) is 22.6. The number of aliphatic carboxylic acids is 1. The normalized spacial score (nSPS) is 11.4. The summed E-state index contributed by atoms with van der Waals surface area (Å²) in [6.45, 7) is 2.00. The molecule has 140 valence electrons. The first-order chi connectivity index (χ1) is 13.5. The summed E-state index contributed by atoms with van der Waals surface area (Å²) in [5.74, 6) is 0.509. The summed E-state index contributed by atoms with van der Waals surface area (Å²) in [6, 6.07) is 11.3. The van der Waals surface area contributed by atoms with Gasteiger partial charge in [0.05, 0.1) is 18.0 Å². The molecule has 0 aliphatic heterocycles. The van der Waals surface area contributed by atoms with Gasteiger partial charge in [-0.2, -0.15) is 0 Å². The number of carbonyl (C=O) groups is 1. The van der Waals surface area contributed by atoms with Crippen LogP contribution in [0.3, 0.4) is 0 Å². The minimum absolute atomic E-state index is 0.392. The summed E-state index contributed by atoms with van der Waals surface area (Å²) in [7, 11) is 1.52. The highest BCUT2D eigenvalue weighted by atomic mass is 16.5. The van der Waals surface area contributed by atoms with Crippen molar-refractivity contribution in [3.8, 4) is 17.4 Å². The SMILES string of the molecule is COc1cc2c(Oc3ccc4[nH]c(C)cc4c3)ncnc2cc1/C=C/C(=O)O. The molecule has 28 heavy (non-hydrogen) atoms. The van der Waals surface area contributed by atoms with Crippen molar-refractivity contribution >= 4 is 33.9 Å². The van der Waals surface area contributed by atoms with E-state index in [4.69, 9.17) is 14.6 Å². The number of fused-ring (bicyclic) bond motifs is 2. The van der Waals surface area contributed by atoms with Crippen LogP contribution in [0.1, 0.15) is 11.3 Å². The van der Waals surface area contributed by atoms with Crippen molar-refractivity contribution in [3.05, 3.63) is 60.1 Å². The first-order valence-electron chi connectivity index (χ1n) is 8.54. The van der Waals surface area contributed by atoms with Crippen molar-refractivity contribution in [1.29, 1.82) is 0 Å². The van der Waals surface area contributed by atoms with E-state index >= 15 is 0 Å². The van der Waals surface area contributed by atoms with Gasteiger partial charge >= 0.3 is 5.97 Å². The van der Waals surface area contributed by atoms with Crippen LogP contribution in [0.25, 0.3) is 27.9 Å². The van der Waals surface area contributed by atoms with E-state index in [0.29, 0.717) is 33.8 Å². The molecule has 4 aromatic rings. The summed E-state index contributed by atoms with van der Waals surface area (Å²) < 4.78 is 11.4. The molecule has 2 heterocycles. The van der Waals surface area contributed by atoms with Crippen LogP contribution in [0.2, 0.25) is 0 Å². The molecule has 4 rings (SSSR count). The third-order valence-corrected chi connectivity index (χ3v) is 4.30. The van der Waals surface area contributed by atoms with Gasteiger partial charge in [0.2, 0.25) is 5.88 Å². The van der Waals surface area contributed by atoms with Gasteiger partial charge in [0.1, 0.15) is 17.8 Å². The van der Waals surface area contributed by atoms with Crippen molar-refractivity contribution < 1.29 is 19.4 Å². The fourth-order valence-electron chi connectivity index (χ4n) is 3.06. The van der Waals surface area contributed by atoms with Crippen molar-refractivity contribution in [2.45, 2.75) is 6.92 Å². The number of aryl methyl sites for hydroxylation is 1. The number of hydrogen-bond donors (Lipinski definition) is 2. The van der Waals surface area contributed by atoms with E-state index in [-0.39, 0.29) is 0 Å². The highest BCUT2D eigenvalue weighted by Gasteiger charge is 2.12. The first-order valence-corrected chi connectivity index (χ1v) is 8.54. The van der Waals surface area contributed by atoms with Crippen LogP contribution in [-0.4, -0.2) is 33.1 Å². The molecule has 0 aliphatic carbocycles. The van der Waals surface area contributed by atoms with Crippen LogP contribution < -0.4 is 9.47 Å². The van der Waals surface area contributed by atoms with Crippen molar-refractivity contribution in [1.82, 2.24) is 15.0 Å². The number of rotatable bonds is 5. The number of carboxylic acids is 1. The van der Waals surface area contributed by atoms with Gasteiger partial charge < -0.3 is 19.6 Å². The lowest BCUT2D eigenvalue weighted by Crippen LogP contribution is -1.95. The van der Waals surface area contributed by atoms with Gasteiger partial charge in [0.25, 0.3) is 0 Å². The highest BCUT2D eigenvalue weighted by Crippen LogP contribution is 2.33. The molecule has 2 N–H and O–H groups in total. The predicted octanol–water partition coefficient (Wildman–Crippen LogP) is 4.32. The standard InChI is InChI=1S/C21H17N3O4/c1-12-7-14-8-15(4-5-17(14)24-12)28-21-16-10-19(27-2)13(3-6-20(25)26)9-18(16)22-11-23-21/h3-11,24H,1-2H3,(H,25,26)/b6-3+. The molecule has 2 aromatic carbocycles. The van der Waals surface area contributed by atoms with Gasteiger partial charge in [0.15, 0.2) is 0 Å². The molecule has 0 radical (unpaired) electrons. The Kier molecular flexibility index (Phi) is 4.41. The van der Waals surface area contributed by atoms with Crippen LogP contribution in [0, 0.1) is 6.92 Å². The molecule has 0 saturated heterocycles. The van der Waals surface area contributed by atoms with E-state index in [1.54, 1.807) is 12.1 Å². The molecule has 0 aliphatic rings. The molecule has 2 aromatic heterocycles. The lowest BCUT2D eigenvalue weighted by atomic mass is 10.1. The van der Waals surface area contributed by atoms with Gasteiger partial charge in [0, 0.05) is 28.2 Å². The van der Waals surface area contributed by atoms with Gasteiger partial charge in [-0.25, -0.2) is 14.8 Å². The summed E-state index contributed by atoms with van der Waals surface area (Å²) in [5.41, 5.74) is 3.33. The second kappa shape index (κ2) is 7.03. The van der Waals surface area contributed by atoms with E-state index in [1.807, 2.05) is 31.2 Å². The number of aromatic nitrogens is 3. The maximum atomic E-state index is 10.8. The molecule has 7 heteroatoms. The molecule has 0 unspecified atom stereocenters. The highest BCUT2D eigenvalue weighted by molar-refractivity contribution is 5.91. The van der Waals surface area contributed by atoms with E-state index in [2.05, 4.69) is 15.0 Å². The monoisotopic (exact) mass is 375 g/mol. The Balaban J connectivity index is 1.76. The van der Waals surface area contributed by atoms with Gasteiger partial charge in [-0.1, -0.05) is 0 Å². The number of ether oxygens (including phenoxy) is 2. The minimum Gasteiger partial charge on any atom is -0.496 e. The van der Waals surface area contributed by atoms with E-state index < -0.39 is 5.97 Å². The molecule has 0 atom stereocenters. The number of nitrogens with zero attached hydrogens (tertiary/aromatic N) is 2. The topological polar surface area (TPSA) is 97.3 Å². The molecular formula is C21H17N3O4. The molecular weight excluding hydrogens is 358 g/mol. The van der Waals surface area contributed by atoms with Crippen LogP contribution in [0.15, 0.2) is 48.8 Å². The Labute approximate surface area is 160 Å². The van der Waals surface area contributed by atoms with Crippen LogP contribution in [0.5, 0.6) is 17.4 Å². The third kappa shape index (κ3) is 3.37. The first kappa shape index (κ1) is 17.5. The van der Waals surface area contributed by atoms with E-state index in [9.17, 15) is 4.79 Å². The number of aromatic amines is 1. The molecule has 0 amide bonds. The minimum atomic E-state index is -1.04. The Bertz CT molecular complexity index is 1230. The van der Waals surface area contributed by atoms with E-state index in [1.165, 1.54) is 19.5 Å². The quantitative estimate of drug-likeness (QED) is 0.504. The largest absolute Gasteiger partial charge is 0.496 e. The van der Waals surface area contributed by atoms with Gasteiger partial charge in [-0.3, -0.25) is 0 Å². The Morgan fingerprint density at radius 2 is 2.04 bits per heavy atom. The lowest BCUT2D eigenvalue weighted by Gasteiger charge is -2.10. The van der Waals surface area contributed by atoms with E-state index in [0.717, 1.165) is 22.7 Å². The Morgan fingerprint density at radius 3 is 2.82 bits per heavy atom. The smallest absolute Gasteiger partial charge is 0.328 e. The molecule has 0 bridgehead atoms. The van der Waals surface area contributed by atoms with Crippen LogP contribution in [-0.2, 0) is 4.79 Å². The van der Waals surface area contributed by atoms with Crippen molar-refractivity contribution in [2.24, 2.45) is 0 Å². The van der Waals surface area contributed by atoms with Crippen LogP contribution >= 0.6 is 0 Å². The molecule has 0 saturated carbocycles. The fraction of sp³-hybridized carbons (Fsp3) is 0.0952. The predicted molar refractivity (Wildman–Crippen MR) is 106 cm³/mol. The van der Waals surface area contributed by atoms with Crippen molar-refractivity contribution in [2.75, 3.05) is 7.11 Å². The number of H-pyrrole nitrogens is 1. The lowest BCUT2D eigenvalue weighted by molar-refractivity contribution is -0.131. The Hall–Kier alpha value is -3.87. The van der Waals surface area contributed by atoms with Crippen molar-refractivity contribution in [3.63, 3.8) is 0 Å². The zero-order valence-corrected chi connectivity index (χ0v) is 15.3. The maximum absolute atomic E-state index is 10.8. The zero-order valence-electron chi connectivity index (χ0n) is 15.3. The fourth-order valence-corrected chi connectivity index (χ4v) is 3.06. The average Bonchev–Trinajstić information content (AvgIpc) is 3.05. The summed E-state index contributed by atoms with van der Waals surface area (Å²) in [5, 5.41) is 10.6. The summed E-state index contributed by atoms with van der Waals surface area (Å²) >= 11 is 0. The molecule has 7 nitrogen and oxygen atoms in total. The number of methoxy groups -OCH3 is 1. The number of hydrogen-bond acceptors (Lipinski definition) is 5. The number of carboxylic acid groups (broad SMARTS) is 1. The molecule has 0 fully saturated rings. The average molecular weight is 375 g/mol. The van der Waals surface area contributed by atoms with Crippen LogP contribution in [0.4, 0.5) is 0 Å². The second-order valence-electron chi connectivity index (χ2n) is 6.27. The number of nitrogens with one attached hydrogen (secondary N) is 1. The van der Waals surface area contributed by atoms with Gasteiger partial charge in [-0.15, -0.1) is 0 Å². The molecule has 0 spiro atoms.